The molecule has 0 aliphatic heterocycles. The number of halogens is 3. The zero-order valence-corrected chi connectivity index (χ0v) is 8.47. The van der Waals surface area contributed by atoms with E-state index in [9.17, 15) is 13.2 Å². The molecule has 0 unspecified atom stereocenters. The lowest BCUT2D eigenvalue weighted by molar-refractivity contribution is -0.141. The molecule has 84 valence electrons. The molecule has 0 aliphatic rings. The molecular formula is C9H12F3N3. The molecule has 2 N–H and O–H groups in total. The molecule has 0 aromatic carbocycles. The van der Waals surface area contributed by atoms with Crippen LogP contribution in [0, 0.1) is 5.92 Å². The second kappa shape index (κ2) is 4.04. The molecule has 1 heterocycles. The van der Waals surface area contributed by atoms with Crippen molar-refractivity contribution in [3.8, 4) is 0 Å². The fourth-order valence-electron chi connectivity index (χ4n) is 1.19. The maximum absolute atomic E-state index is 12.3. The SMILES string of the molecule is CC(C)Cc1cc(C(F)(F)F)nc(N)n1. The van der Waals surface area contributed by atoms with E-state index in [1.807, 2.05) is 13.8 Å². The summed E-state index contributed by atoms with van der Waals surface area (Å²) in [5, 5.41) is 0. The molecule has 0 spiro atoms. The van der Waals surface area contributed by atoms with E-state index in [0.717, 1.165) is 6.07 Å². The first-order valence-corrected chi connectivity index (χ1v) is 4.49. The molecule has 0 atom stereocenters. The van der Waals surface area contributed by atoms with Gasteiger partial charge in [0.1, 0.15) is 5.69 Å². The molecular weight excluding hydrogens is 207 g/mol. The fourth-order valence-corrected chi connectivity index (χ4v) is 1.19. The predicted octanol–water partition coefficient (Wildman–Crippen LogP) is 2.28. The minimum Gasteiger partial charge on any atom is -0.368 e. The summed E-state index contributed by atoms with van der Waals surface area (Å²) in [7, 11) is 0. The fraction of sp³-hybridized carbons (Fsp3) is 0.556. The lowest BCUT2D eigenvalue weighted by atomic mass is 10.1. The van der Waals surface area contributed by atoms with Crippen molar-refractivity contribution in [3.63, 3.8) is 0 Å². The summed E-state index contributed by atoms with van der Waals surface area (Å²) in [6, 6.07) is 0.941. The molecule has 1 aromatic heterocycles. The largest absolute Gasteiger partial charge is 0.433 e. The second-order valence-corrected chi connectivity index (χ2v) is 3.70. The lowest BCUT2D eigenvalue weighted by Gasteiger charge is -2.09. The van der Waals surface area contributed by atoms with E-state index in [4.69, 9.17) is 5.73 Å². The van der Waals surface area contributed by atoms with Crippen molar-refractivity contribution in [1.82, 2.24) is 9.97 Å². The molecule has 0 aliphatic carbocycles. The molecule has 0 fully saturated rings. The lowest BCUT2D eigenvalue weighted by Crippen LogP contribution is -2.13. The highest BCUT2D eigenvalue weighted by Gasteiger charge is 2.33. The van der Waals surface area contributed by atoms with Crippen LogP contribution < -0.4 is 5.73 Å². The van der Waals surface area contributed by atoms with Gasteiger partial charge in [0.25, 0.3) is 0 Å². The maximum Gasteiger partial charge on any atom is 0.433 e. The monoisotopic (exact) mass is 219 g/mol. The van der Waals surface area contributed by atoms with E-state index in [0.29, 0.717) is 12.1 Å². The third-order valence-electron chi connectivity index (χ3n) is 1.70. The number of nitrogens with zero attached hydrogens (tertiary/aromatic N) is 2. The molecule has 0 saturated heterocycles. The van der Waals surface area contributed by atoms with Gasteiger partial charge in [0.15, 0.2) is 0 Å². The van der Waals surface area contributed by atoms with Gasteiger partial charge in [-0.2, -0.15) is 13.2 Å². The average Bonchev–Trinajstić information content (AvgIpc) is 1.99. The number of hydrogen-bond acceptors (Lipinski definition) is 3. The Balaban J connectivity index is 3.06. The van der Waals surface area contributed by atoms with Crippen LogP contribution in [-0.2, 0) is 12.6 Å². The first kappa shape index (κ1) is 11.7. The maximum atomic E-state index is 12.3. The Kier molecular flexibility index (Phi) is 3.16. The van der Waals surface area contributed by atoms with Gasteiger partial charge >= 0.3 is 6.18 Å². The van der Waals surface area contributed by atoms with Gasteiger partial charge in [-0.3, -0.25) is 0 Å². The Morgan fingerprint density at radius 2 is 1.93 bits per heavy atom. The molecule has 1 aromatic rings. The minimum atomic E-state index is -4.47. The van der Waals surface area contributed by atoms with Crippen LogP contribution >= 0.6 is 0 Å². The Morgan fingerprint density at radius 3 is 2.40 bits per heavy atom. The van der Waals surface area contributed by atoms with Crippen LogP contribution in [0.25, 0.3) is 0 Å². The van der Waals surface area contributed by atoms with Gasteiger partial charge in [-0.15, -0.1) is 0 Å². The first-order valence-electron chi connectivity index (χ1n) is 4.49. The Labute approximate surface area is 85.5 Å². The molecule has 15 heavy (non-hydrogen) atoms. The Hall–Kier alpha value is -1.33. The second-order valence-electron chi connectivity index (χ2n) is 3.70. The molecule has 0 bridgehead atoms. The summed E-state index contributed by atoms with van der Waals surface area (Å²) in [5.41, 5.74) is 4.55. The molecule has 0 radical (unpaired) electrons. The zero-order valence-electron chi connectivity index (χ0n) is 8.47. The van der Waals surface area contributed by atoms with E-state index in [-0.39, 0.29) is 11.9 Å². The summed E-state index contributed by atoms with van der Waals surface area (Å²) in [6.07, 6.45) is -4.02. The predicted molar refractivity (Wildman–Crippen MR) is 50.0 cm³/mol. The van der Waals surface area contributed by atoms with Crippen LogP contribution in [0.5, 0.6) is 0 Å². The number of rotatable bonds is 2. The van der Waals surface area contributed by atoms with Crippen LogP contribution in [0.2, 0.25) is 0 Å². The summed E-state index contributed by atoms with van der Waals surface area (Å²) in [5.74, 6) is -0.110. The van der Waals surface area contributed by atoms with Crippen molar-refractivity contribution < 1.29 is 13.2 Å². The Bertz CT molecular complexity index is 347. The molecule has 1 rings (SSSR count). The van der Waals surface area contributed by atoms with E-state index in [1.54, 1.807) is 0 Å². The first-order chi connectivity index (χ1) is 6.79. The van der Waals surface area contributed by atoms with Gasteiger partial charge in [0.05, 0.1) is 0 Å². The number of nitrogen functional groups attached to an aromatic ring is 1. The summed E-state index contributed by atoms with van der Waals surface area (Å²) in [4.78, 5) is 6.91. The quantitative estimate of drug-likeness (QED) is 0.830. The number of nitrogens with two attached hydrogens (primary N) is 1. The van der Waals surface area contributed by atoms with E-state index in [2.05, 4.69) is 9.97 Å². The van der Waals surface area contributed by atoms with Crippen LogP contribution in [0.4, 0.5) is 19.1 Å². The number of anilines is 1. The highest BCUT2D eigenvalue weighted by molar-refractivity contribution is 5.24. The highest BCUT2D eigenvalue weighted by Crippen LogP contribution is 2.28. The van der Waals surface area contributed by atoms with Gasteiger partial charge in [0.2, 0.25) is 5.95 Å². The van der Waals surface area contributed by atoms with E-state index >= 15 is 0 Å². The van der Waals surface area contributed by atoms with E-state index in [1.165, 1.54) is 0 Å². The van der Waals surface area contributed by atoms with Crippen LogP contribution in [-0.4, -0.2) is 9.97 Å². The van der Waals surface area contributed by atoms with Gasteiger partial charge in [-0.25, -0.2) is 9.97 Å². The van der Waals surface area contributed by atoms with Crippen molar-refractivity contribution >= 4 is 5.95 Å². The van der Waals surface area contributed by atoms with Crippen molar-refractivity contribution in [1.29, 1.82) is 0 Å². The van der Waals surface area contributed by atoms with Gasteiger partial charge in [-0.05, 0) is 18.4 Å². The topological polar surface area (TPSA) is 51.8 Å². The smallest absolute Gasteiger partial charge is 0.368 e. The zero-order chi connectivity index (χ0) is 11.6. The summed E-state index contributed by atoms with van der Waals surface area (Å²) < 4.78 is 37.0. The molecule has 0 amide bonds. The summed E-state index contributed by atoms with van der Waals surface area (Å²) in [6.45, 7) is 3.79. The number of hydrogen-bond donors (Lipinski definition) is 1. The van der Waals surface area contributed by atoms with Crippen LogP contribution in [0.15, 0.2) is 6.07 Å². The van der Waals surface area contributed by atoms with E-state index < -0.39 is 11.9 Å². The minimum absolute atomic E-state index is 0.223. The summed E-state index contributed by atoms with van der Waals surface area (Å²) >= 11 is 0. The third kappa shape index (κ3) is 3.38. The van der Waals surface area contributed by atoms with Crippen molar-refractivity contribution in [2.24, 2.45) is 5.92 Å². The standard InChI is InChI=1S/C9H12F3N3/c1-5(2)3-6-4-7(9(10,11)12)15-8(13)14-6/h4-5H,3H2,1-2H3,(H2,13,14,15). The van der Waals surface area contributed by atoms with Gasteiger partial charge in [0, 0.05) is 5.69 Å². The van der Waals surface area contributed by atoms with Crippen molar-refractivity contribution in [2.75, 3.05) is 5.73 Å². The van der Waals surface area contributed by atoms with Gasteiger partial charge in [-0.1, -0.05) is 13.8 Å². The number of aromatic nitrogens is 2. The van der Waals surface area contributed by atoms with Gasteiger partial charge < -0.3 is 5.73 Å². The molecule has 3 nitrogen and oxygen atoms in total. The van der Waals surface area contributed by atoms with Crippen molar-refractivity contribution in [3.05, 3.63) is 17.5 Å². The normalized spacial score (nSPS) is 12.1. The number of alkyl halides is 3. The van der Waals surface area contributed by atoms with Crippen LogP contribution in [0.3, 0.4) is 0 Å². The third-order valence-corrected chi connectivity index (χ3v) is 1.70. The average molecular weight is 219 g/mol. The van der Waals surface area contributed by atoms with Crippen LogP contribution in [0.1, 0.15) is 25.2 Å². The molecule has 0 saturated carbocycles. The van der Waals surface area contributed by atoms with Crippen molar-refractivity contribution in [2.45, 2.75) is 26.4 Å². The highest BCUT2D eigenvalue weighted by atomic mass is 19.4. The molecule has 6 heteroatoms. The Morgan fingerprint density at radius 1 is 1.33 bits per heavy atom.